The lowest BCUT2D eigenvalue weighted by atomic mass is 10.0. The molecule has 0 saturated carbocycles. The first-order chi connectivity index (χ1) is 28.8. The van der Waals surface area contributed by atoms with Crippen LogP contribution in [0.3, 0.4) is 0 Å². The summed E-state index contributed by atoms with van der Waals surface area (Å²) in [5, 5.41) is 20.7. The van der Waals surface area contributed by atoms with Crippen molar-refractivity contribution in [2.75, 3.05) is 47.5 Å². The summed E-state index contributed by atoms with van der Waals surface area (Å²) in [5.41, 5.74) is 0. The fraction of sp³-hybridized carbons (Fsp3) is 0.708. The van der Waals surface area contributed by atoms with Gasteiger partial charge in [-0.25, -0.2) is 0 Å². The van der Waals surface area contributed by atoms with Crippen molar-refractivity contribution in [2.24, 2.45) is 0 Å². The minimum atomic E-state index is -4.71. The molecule has 4 atom stereocenters. The number of aliphatic hydroxyl groups is 2. The van der Waals surface area contributed by atoms with Crippen LogP contribution in [0.15, 0.2) is 72.9 Å². The first kappa shape index (κ1) is 57.4. The SMILES string of the molecule is CCCCC/C=C\C/C=C\C/C=C\CCCCCCC(=O)O[C@H](COC(=O)CCCC(O)C(O)C/C=C\C/C=C\C/C=C\CCCCC)COP(=O)([O-])OCC[N+](C)(C)C. The van der Waals surface area contributed by atoms with E-state index in [0.717, 1.165) is 64.2 Å². The lowest BCUT2D eigenvalue weighted by Crippen LogP contribution is -2.37. The number of rotatable bonds is 40. The van der Waals surface area contributed by atoms with Gasteiger partial charge in [-0.2, -0.15) is 0 Å². The summed E-state index contributed by atoms with van der Waals surface area (Å²) < 4.78 is 33.7. The van der Waals surface area contributed by atoms with Crippen molar-refractivity contribution >= 4 is 19.8 Å². The number of nitrogens with zero attached hydrogens (tertiary/aromatic N) is 1. The van der Waals surface area contributed by atoms with Crippen molar-refractivity contribution in [1.29, 1.82) is 0 Å². The van der Waals surface area contributed by atoms with E-state index in [4.69, 9.17) is 18.5 Å². The molecule has 0 fully saturated rings. The highest BCUT2D eigenvalue weighted by atomic mass is 31.2. The molecule has 60 heavy (non-hydrogen) atoms. The van der Waals surface area contributed by atoms with Crippen LogP contribution in [0.4, 0.5) is 0 Å². The van der Waals surface area contributed by atoms with Gasteiger partial charge in [0.1, 0.15) is 19.8 Å². The second-order valence-corrected chi connectivity index (χ2v) is 17.8. The molecule has 0 bridgehead atoms. The maximum Gasteiger partial charge on any atom is 0.306 e. The number of allylic oxidation sites excluding steroid dienone is 11. The molecule has 0 aliphatic rings. The number of likely N-dealkylation sites (N-methyl/N-ethyl adjacent to an activating group) is 1. The maximum absolute atomic E-state index is 12.7. The molecule has 0 aromatic heterocycles. The Kier molecular flexibility index (Phi) is 37.5. The van der Waals surface area contributed by atoms with Gasteiger partial charge in [0, 0.05) is 12.8 Å². The summed E-state index contributed by atoms with van der Waals surface area (Å²) in [6.45, 7) is 3.79. The summed E-state index contributed by atoms with van der Waals surface area (Å²) in [7, 11) is 0.985. The van der Waals surface area contributed by atoms with Crippen LogP contribution in [0.5, 0.6) is 0 Å². The van der Waals surface area contributed by atoms with Gasteiger partial charge in [0.2, 0.25) is 0 Å². The maximum atomic E-state index is 12.7. The summed E-state index contributed by atoms with van der Waals surface area (Å²) in [6.07, 6.45) is 41.0. The molecule has 12 heteroatoms. The van der Waals surface area contributed by atoms with Crippen molar-refractivity contribution in [2.45, 2.75) is 173 Å². The lowest BCUT2D eigenvalue weighted by molar-refractivity contribution is -0.870. The number of unbranched alkanes of at least 4 members (excludes halogenated alkanes) is 10. The number of hydrogen-bond acceptors (Lipinski definition) is 10. The standard InChI is InChI=1S/C48H84NO10P/c1-6-8-10-12-14-16-18-20-21-22-23-24-26-28-30-32-34-38-48(53)59-44(43-58-60(54,55)57-41-40-49(3,4)5)42-56-47(52)39-35-37-46(51)45(50)36-33-31-29-27-25-19-17-15-13-11-9-7-2/h14-17,20-21,23-25,27,31,33,44-46,50-51H,6-13,18-19,22,26,28-30,32,34-43H2,1-5H3/b16-14-,17-15-,21-20-,24-23-,27-25-,33-31-/t44-,45?,46?/m1/s1. The van der Waals surface area contributed by atoms with Crippen LogP contribution >= 0.6 is 7.82 Å². The molecule has 346 valence electrons. The van der Waals surface area contributed by atoms with E-state index in [1.54, 1.807) is 0 Å². The molecule has 11 nitrogen and oxygen atoms in total. The summed E-state index contributed by atoms with van der Waals surface area (Å²) in [4.78, 5) is 37.6. The Balaban J connectivity index is 4.64. The Morgan fingerprint density at radius 2 is 1.08 bits per heavy atom. The van der Waals surface area contributed by atoms with E-state index in [1.165, 1.54) is 38.5 Å². The highest BCUT2D eigenvalue weighted by molar-refractivity contribution is 7.45. The fourth-order valence-electron chi connectivity index (χ4n) is 5.64. The number of aliphatic hydroxyl groups excluding tert-OH is 2. The molecule has 0 amide bonds. The quantitative estimate of drug-likeness (QED) is 0.0200. The van der Waals surface area contributed by atoms with Crippen molar-refractivity contribution in [3.05, 3.63) is 72.9 Å². The van der Waals surface area contributed by atoms with Crippen molar-refractivity contribution in [1.82, 2.24) is 0 Å². The summed E-state index contributed by atoms with van der Waals surface area (Å²) >= 11 is 0. The third kappa shape index (κ3) is 40.8. The van der Waals surface area contributed by atoms with Gasteiger partial charge in [-0.15, -0.1) is 0 Å². The van der Waals surface area contributed by atoms with Gasteiger partial charge < -0.3 is 38.1 Å². The van der Waals surface area contributed by atoms with Crippen LogP contribution in [0.25, 0.3) is 0 Å². The van der Waals surface area contributed by atoms with E-state index in [-0.39, 0.29) is 32.3 Å². The van der Waals surface area contributed by atoms with Crippen LogP contribution in [-0.4, -0.2) is 92.5 Å². The molecule has 0 aromatic carbocycles. The van der Waals surface area contributed by atoms with Gasteiger partial charge >= 0.3 is 11.9 Å². The smallest absolute Gasteiger partial charge is 0.306 e. The number of quaternary nitrogens is 1. The normalized spacial score (nSPS) is 15.3. The first-order valence-corrected chi connectivity index (χ1v) is 24.3. The predicted molar refractivity (Wildman–Crippen MR) is 243 cm³/mol. The van der Waals surface area contributed by atoms with E-state index in [0.29, 0.717) is 23.9 Å². The molecule has 0 radical (unpaired) electrons. The Labute approximate surface area is 364 Å². The molecule has 3 unspecified atom stereocenters. The van der Waals surface area contributed by atoms with Crippen LogP contribution in [0.1, 0.15) is 155 Å². The van der Waals surface area contributed by atoms with Crippen molar-refractivity contribution < 1.29 is 52.3 Å². The van der Waals surface area contributed by atoms with Gasteiger partial charge in [-0.05, 0) is 89.9 Å². The first-order valence-electron chi connectivity index (χ1n) is 22.8. The predicted octanol–water partition coefficient (Wildman–Crippen LogP) is 10.3. The topological polar surface area (TPSA) is 152 Å². The Hall–Kier alpha value is -2.63. The molecular weight excluding hydrogens is 781 g/mol. The van der Waals surface area contributed by atoms with Crippen molar-refractivity contribution in [3.8, 4) is 0 Å². The van der Waals surface area contributed by atoms with Crippen LogP contribution in [0.2, 0.25) is 0 Å². The average Bonchev–Trinajstić information content (AvgIpc) is 3.19. The number of carbonyl (C=O) groups is 2. The summed E-state index contributed by atoms with van der Waals surface area (Å²) in [5.74, 6) is -1.15. The molecule has 2 N–H and O–H groups in total. The second kappa shape index (κ2) is 39.2. The highest BCUT2D eigenvalue weighted by Gasteiger charge is 2.22. The van der Waals surface area contributed by atoms with E-state index >= 15 is 0 Å². The van der Waals surface area contributed by atoms with Gasteiger partial charge in [0.05, 0.1) is 40.0 Å². The largest absolute Gasteiger partial charge is 0.756 e. The molecule has 0 aromatic rings. The molecule has 0 saturated heterocycles. The molecule has 0 aliphatic carbocycles. The van der Waals surface area contributed by atoms with E-state index in [2.05, 4.69) is 74.6 Å². The molecule has 0 aliphatic heterocycles. The average molecular weight is 866 g/mol. The number of phosphoric acid groups is 1. The minimum Gasteiger partial charge on any atom is -0.756 e. The van der Waals surface area contributed by atoms with Gasteiger partial charge in [-0.1, -0.05) is 125 Å². The number of ether oxygens (including phenoxy) is 2. The number of esters is 2. The lowest BCUT2D eigenvalue weighted by Gasteiger charge is -2.28. The second-order valence-electron chi connectivity index (χ2n) is 16.4. The van der Waals surface area contributed by atoms with Crippen LogP contribution in [-0.2, 0) is 32.7 Å². The van der Waals surface area contributed by atoms with Gasteiger partial charge in [0.15, 0.2) is 6.10 Å². The molecular formula is C48H84NO10P. The fourth-order valence-corrected chi connectivity index (χ4v) is 6.37. The zero-order chi connectivity index (χ0) is 44.6. The van der Waals surface area contributed by atoms with Gasteiger partial charge in [0.25, 0.3) is 7.82 Å². The van der Waals surface area contributed by atoms with Crippen LogP contribution in [0, 0.1) is 0 Å². The molecule has 0 heterocycles. The Morgan fingerprint density at radius 1 is 0.600 bits per heavy atom. The number of carbonyl (C=O) groups excluding carboxylic acids is 2. The highest BCUT2D eigenvalue weighted by Crippen LogP contribution is 2.38. The van der Waals surface area contributed by atoms with E-state index in [9.17, 15) is 29.3 Å². The third-order valence-electron chi connectivity index (χ3n) is 9.40. The monoisotopic (exact) mass is 866 g/mol. The Bertz CT molecular complexity index is 1290. The van der Waals surface area contributed by atoms with E-state index < -0.39 is 51.3 Å². The third-order valence-corrected chi connectivity index (χ3v) is 10.4. The molecule has 0 rings (SSSR count). The summed E-state index contributed by atoms with van der Waals surface area (Å²) in [6, 6.07) is 0. The minimum absolute atomic E-state index is 0.0457. The van der Waals surface area contributed by atoms with Crippen molar-refractivity contribution in [3.63, 3.8) is 0 Å². The Morgan fingerprint density at radius 3 is 1.62 bits per heavy atom. The van der Waals surface area contributed by atoms with Crippen LogP contribution < -0.4 is 4.89 Å². The zero-order valence-electron chi connectivity index (χ0n) is 38.1. The van der Waals surface area contributed by atoms with E-state index in [1.807, 2.05) is 33.3 Å². The van der Waals surface area contributed by atoms with Gasteiger partial charge in [-0.3, -0.25) is 14.2 Å². The zero-order valence-corrected chi connectivity index (χ0v) is 39.0. The number of phosphoric ester groups is 1. The molecule has 0 spiro atoms. The number of hydrogen-bond donors (Lipinski definition) is 2.